The van der Waals surface area contributed by atoms with Gasteiger partial charge in [-0.25, -0.2) is 5.10 Å². The maximum Gasteiger partial charge on any atom is 0.324 e. The first-order valence-electron chi connectivity index (χ1n) is 12.7. The summed E-state index contributed by atoms with van der Waals surface area (Å²) < 4.78 is 2.04. The van der Waals surface area contributed by atoms with Gasteiger partial charge in [-0.2, -0.15) is 6.07 Å². The summed E-state index contributed by atoms with van der Waals surface area (Å²) in [5, 5.41) is 6.16. The predicted molar refractivity (Wildman–Crippen MR) is 154 cm³/mol. The molecule has 39 heavy (non-hydrogen) atoms. The maximum absolute atomic E-state index is 4.61. The Bertz CT molecular complexity index is 1780. The summed E-state index contributed by atoms with van der Waals surface area (Å²) in [6, 6.07) is 33.7. The molecule has 3 aliphatic heterocycles. The second-order valence-electron chi connectivity index (χ2n) is 9.88. The molecule has 0 fully saturated rings. The Morgan fingerprint density at radius 3 is 2.08 bits per heavy atom. The molecule has 5 aromatic rings. The molecular formula is C31H22BN6Pt-3. The van der Waals surface area contributed by atoms with Crippen molar-refractivity contribution in [1.29, 1.82) is 0 Å². The van der Waals surface area contributed by atoms with Gasteiger partial charge < -0.3 is 19.3 Å². The summed E-state index contributed by atoms with van der Waals surface area (Å²) in [6.07, 6.45) is 5.62. The van der Waals surface area contributed by atoms with Crippen molar-refractivity contribution in [3.8, 4) is 33.6 Å². The van der Waals surface area contributed by atoms with E-state index in [1.54, 1.807) is 5.01 Å². The van der Waals surface area contributed by atoms with Crippen molar-refractivity contribution < 1.29 is 21.1 Å². The largest absolute Gasteiger partial charge is 0.483 e. The summed E-state index contributed by atoms with van der Waals surface area (Å²) in [7, 11) is 3.94. The van der Waals surface area contributed by atoms with Gasteiger partial charge in [0.05, 0.1) is 12.2 Å². The summed E-state index contributed by atoms with van der Waals surface area (Å²) >= 11 is 0. The fourth-order valence-corrected chi connectivity index (χ4v) is 5.95. The number of hydrogen-bond donors (Lipinski definition) is 0. The Labute approximate surface area is 242 Å². The van der Waals surface area contributed by atoms with Gasteiger partial charge in [-0.05, 0) is 7.05 Å². The molecular weight excluding hydrogens is 662 g/mol. The summed E-state index contributed by atoms with van der Waals surface area (Å²) in [5.41, 5.74) is 11.3. The number of anilines is 3. The molecule has 4 heterocycles. The van der Waals surface area contributed by atoms with Gasteiger partial charge >= 0.3 is 6.85 Å². The fourth-order valence-electron chi connectivity index (χ4n) is 5.95. The number of hydrogen-bond acceptors (Lipinski definition) is 5. The van der Waals surface area contributed by atoms with E-state index in [0.717, 1.165) is 39.6 Å². The minimum atomic E-state index is 0. The number of nitrogens with zero attached hydrogens (tertiary/aromatic N) is 6. The molecule has 0 unspecified atom stereocenters. The number of rotatable bonds is 2. The van der Waals surface area contributed by atoms with Gasteiger partial charge in [0.1, 0.15) is 0 Å². The van der Waals surface area contributed by atoms with E-state index in [9.17, 15) is 0 Å². The van der Waals surface area contributed by atoms with Crippen LogP contribution in [-0.2, 0) is 28.1 Å². The Balaban J connectivity index is 0.00000253. The minimum absolute atomic E-state index is 0. The molecule has 0 saturated heterocycles. The molecule has 1 aromatic heterocycles. The second kappa shape index (κ2) is 8.99. The molecule has 0 amide bonds. The molecule has 192 valence electrons. The standard InChI is InChI=1S/C31H22BN6.Pt/c1-35-16-15-33-31(35)21-11-13-25-23-7-3-5-9-27(23)32-28-10-6-4-8-24(28)26-14-12-22(37-19-34-36(2)20-37)18-30(26)38(32)29(25)17-21;/h3-16,19-20H,1-2H3;/q-3;. The van der Waals surface area contributed by atoms with Gasteiger partial charge in [0.2, 0.25) is 0 Å². The van der Waals surface area contributed by atoms with Crippen LogP contribution < -0.4 is 20.6 Å². The SMILES string of the molecule is CN1[CH-]N(c2[c-]c3c(cc2)-c2ccccc2B2c4ccccc4-c4ccc(-c5nccn5C)[c-]c4N23)C=N1.[Pt]. The normalized spacial score (nSPS) is 14.3. The number of fused-ring (bicyclic) bond motifs is 11. The van der Waals surface area contributed by atoms with Gasteiger partial charge in [-0.15, -0.1) is 53.8 Å². The van der Waals surface area contributed by atoms with Crippen molar-refractivity contribution in [2.24, 2.45) is 12.1 Å². The fraction of sp³-hybridized carbons (Fsp3) is 0.0645. The van der Waals surface area contributed by atoms with Gasteiger partial charge in [0.25, 0.3) is 0 Å². The average Bonchev–Trinajstić information content (AvgIpc) is 3.60. The van der Waals surface area contributed by atoms with Crippen LogP contribution in [-0.4, -0.2) is 34.8 Å². The number of imidazole rings is 1. The molecule has 0 atom stereocenters. The van der Waals surface area contributed by atoms with Crippen LogP contribution in [0.15, 0.2) is 90.3 Å². The molecule has 0 spiro atoms. The second-order valence-corrected chi connectivity index (χ2v) is 9.88. The smallest absolute Gasteiger partial charge is 0.324 e. The van der Waals surface area contributed by atoms with E-state index in [-0.39, 0.29) is 27.9 Å². The first-order chi connectivity index (χ1) is 18.7. The summed E-state index contributed by atoms with van der Waals surface area (Å²) in [5.74, 6) is 0.893. The molecule has 0 radical (unpaired) electrons. The zero-order chi connectivity index (χ0) is 25.4. The van der Waals surface area contributed by atoms with E-state index in [1.165, 1.54) is 22.1 Å². The third kappa shape index (κ3) is 3.53. The van der Waals surface area contributed by atoms with E-state index in [1.807, 2.05) is 49.0 Å². The van der Waals surface area contributed by atoms with Crippen molar-refractivity contribution in [2.45, 2.75) is 0 Å². The predicted octanol–water partition coefficient (Wildman–Crippen LogP) is 4.40. The van der Waals surface area contributed by atoms with Crippen LogP contribution in [0.25, 0.3) is 33.6 Å². The molecule has 8 rings (SSSR count). The van der Waals surface area contributed by atoms with E-state index >= 15 is 0 Å². The number of benzene rings is 4. The van der Waals surface area contributed by atoms with Gasteiger partial charge in [0, 0.05) is 40.5 Å². The van der Waals surface area contributed by atoms with Gasteiger partial charge in [-0.1, -0.05) is 87.5 Å². The average molecular weight is 684 g/mol. The third-order valence-electron chi connectivity index (χ3n) is 7.66. The number of aromatic nitrogens is 2. The zero-order valence-corrected chi connectivity index (χ0v) is 23.6. The topological polar surface area (TPSA) is 39.9 Å². The number of aryl methyl sites for hydroxylation is 1. The molecule has 4 aromatic carbocycles. The maximum atomic E-state index is 4.61. The van der Waals surface area contributed by atoms with E-state index < -0.39 is 0 Å². The minimum Gasteiger partial charge on any atom is -0.483 e. The third-order valence-corrected chi connectivity index (χ3v) is 7.66. The molecule has 0 aliphatic carbocycles. The van der Waals surface area contributed by atoms with Crippen molar-refractivity contribution in [3.63, 3.8) is 0 Å². The van der Waals surface area contributed by atoms with Gasteiger partial charge in [-0.3, -0.25) is 4.98 Å². The van der Waals surface area contributed by atoms with Crippen LogP contribution >= 0.6 is 0 Å². The summed E-state index contributed by atoms with van der Waals surface area (Å²) in [4.78, 5) is 9.03. The molecule has 8 heteroatoms. The van der Waals surface area contributed by atoms with Gasteiger partial charge in [0.15, 0.2) is 0 Å². The van der Waals surface area contributed by atoms with Crippen molar-refractivity contribution in [1.82, 2.24) is 14.6 Å². The van der Waals surface area contributed by atoms with Crippen molar-refractivity contribution in [3.05, 3.63) is 104 Å². The van der Waals surface area contributed by atoms with E-state index in [2.05, 4.69) is 99.8 Å². The zero-order valence-electron chi connectivity index (χ0n) is 21.3. The van der Waals surface area contributed by atoms with Crippen molar-refractivity contribution >= 4 is 41.2 Å². The monoisotopic (exact) mass is 684 g/mol. The first-order valence-corrected chi connectivity index (χ1v) is 12.7. The molecule has 6 nitrogen and oxygen atoms in total. The number of hydrazone groups is 1. The Morgan fingerprint density at radius 2 is 1.44 bits per heavy atom. The first kappa shape index (κ1) is 24.0. The Hall–Kier alpha value is -4.09. The van der Waals surface area contributed by atoms with E-state index in [4.69, 9.17) is 0 Å². The molecule has 0 bridgehead atoms. The van der Waals surface area contributed by atoms with Crippen LogP contribution in [0.2, 0.25) is 0 Å². The Kier molecular flexibility index (Phi) is 5.53. The Morgan fingerprint density at radius 1 is 0.769 bits per heavy atom. The van der Waals surface area contributed by atoms with Crippen molar-refractivity contribution in [2.75, 3.05) is 16.8 Å². The van der Waals surface area contributed by atoms with Crippen LogP contribution in [0.3, 0.4) is 0 Å². The quantitative estimate of drug-likeness (QED) is 0.204. The van der Waals surface area contributed by atoms with Crippen LogP contribution in [0.5, 0.6) is 0 Å². The molecule has 3 aliphatic rings. The molecule has 0 N–H and O–H groups in total. The van der Waals surface area contributed by atoms with Crippen LogP contribution in [0, 0.1) is 18.8 Å². The molecule has 0 saturated carbocycles. The summed E-state index contributed by atoms with van der Waals surface area (Å²) in [6.45, 7) is 1.96. The van der Waals surface area contributed by atoms with E-state index in [0.29, 0.717) is 0 Å². The van der Waals surface area contributed by atoms with Crippen LogP contribution in [0.1, 0.15) is 0 Å². The van der Waals surface area contributed by atoms with Crippen LogP contribution in [0.4, 0.5) is 17.1 Å².